The van der Waals surface area contributed by atoms with Crippen molar-refractivity contribution in [2.24, 2.45) is 5.92 Å². The lowest BCUT2D eigenvalue weighted by atomic mass is 10.2. The van der Waals surface area contributed by atoms with Crippen LogP contribution in [0.4, 0.5) is 0 Å². The second-order valence-corrected chi connectivity index (χ2v) is 4.09. The van der Waals surface area contributed by atoms with Crippen LogP contribution in [0.2, 0.25) is 0 Å². The lowest BCUT2D eigenvalue weighted by molar-refractivity contribution is 0.0525. The van der Waals surface area contributed by atoms with Gasteiger partial charge in [0, 0.05) is 5.92 Å². The van der Waals surface area contributed by atoms with Crippen LogP contribution in [0.1, 0.15) is 69.2 Å². The van der Waals surface area contributed by atoms with Crippen LogP contribution in [0.3, 0.4) is 0 Å². The van der Waals surface area contributed by atoms with Crippen molar-refractivity contribution >= 4 is 5.97 Å². The Kier molecular flexibility index (Phi) is 9.96. The van der Waals surface area contributed by atoms with Crippen LogP contribution in [0.5, 0.6) is 0 Å². The Morgan fingerprint density at radius 1 is 1.29 bits per heavy atom. The van der Waals surface area contributed by atoms with Crippen LogP contribution in [-0.4, -0.2) is 17.6 Å². The van der Waals surface area contributed by atoms with Crippen LogP contribution in [0, 0.1) is 24.7 Å². The number of rotatable bonds is 2. The second-order valence-electron chi connectivity index (χ2n) is 4.09. The van der Waals surface area contributed by atoms with Gasteiger partial charge in [0.05, 0.1) is 17.9 Å². The lowest BCUT2D eigenvalue weighted by Gasteiger charge is -2.04. The highest BCUT2D eigenvalue weighted by Crippen LogP contribution is 2.27. The van der Waals surface area contributed by atoms with Gasteiger partial charge >= 0.3 is 5.97 Å². The molecule has 0 amide bonds. The van der Waals surface area contributed by atoms with Gasteiger partial charge in [-0.3, -0.25) is 0 Å². The number of hydrogen-bond donors (Lipinski definition) is 0. The first-order valence-corrected chi connectivity index (χ1v) is 7.87. The third-order valence-corrected chi connectivity index (χ3v) is 2.56. The van der Waals surface area contributed by atoms with E-state index in [0.717, 1.165) is 5.69 Å². The van der Waals surface area contributed by atoms with Crippen molar-refractivity contribution in [3.8, 4) is 11.8 Å². The number of hydrogen-bond acceptors (Lipinski definition) is 3. The third-order valence-electron chi connectivity index (χ3n) is 2.56. The fourth-order valence-electron chi connectivity index (χ4n) is 1.46. The van der Waals surface area contributed by atoms with Gasteiger partial charge < -0.3 is 4.74 Å². The number of ether oxygens (including phenoxy) is 1. The van der Waals surface area contributed by atoms with Gasteiger partial charge in [-0.05, 0) is 44.7 Å². The molecule has 21 heavy (non-hydrogen) atoms. The summed E-state index contributed by atoms with van der Waals surface area (Å²) in [6.45, 7) is 12.0. The molecule has 0 aromatic carbocycles. The van der Waals surface area contributed by atoms with Crippen molar-refractivity contribution in [3.05, 3.63) is 29.1 Å². The Hall–Kier alpha value is -1.82. The standard InChI is InChI=1S/C14H15NO2.2C2H6/c1-3-17-14(16)13-9-8-12(15-10(13)2)7-6-11-4-5-11;2*1-2/h8-9,11H,3-5H2,1-2H3;2*1-2H3. The predicted molar refractivity (Wildman–Crippen MR) is 87.2 cm³/mol. The normalized spacial score (nSPS) is 11.7. The lowest BCUT2D eigenvalue weighted by Crippen LogP contribution is -2.08. The Balaban J connectivity index is 0.000000921. The highest BCUT2D eigenvalue weighted by molar-refractivity contribution is 5.90. The number of pyridine rings is 1. The monoisotopic (exact) mass is 289 g/mol. The van der Waals surface area contributed by atoms with Gasteiger partial charge in [-0.2, -0.15) is 0 Å². The van der Waals surface area contributed by atoms with Crippen molar-refractivity contribution in [1.82, 2.24) is 4.98 Å². The summed E-state index contributed by atoms with van der Waals surface area (Å²) in [7, 11) is 0. The van der Waals surface area contributed by atoms with E-state index in [1.54, 1.807) is 26.0 Å². The average molecular weight is 289 g/mol. The van der Waals surface area contributed by atoms with Gasteiger partial charge in [-0.15, -0.1) is 0 Å². The third kappa shape index (κ3) is 6.94. The Labute approximate surface area is 129 Å². The van der Waals surface area contributed by atoms with Crippen molar-refractivity contribution in [2.45, 2.75) is 54.4 Å². The van der Waals surface area contributed by atoms with Crippen molar-refractivity contribution < 1.29 is 9.53 Å². The molecule has 0 saturated heterocycles. The summed E-state index contributed by atoms with van der Waals surface area (Å²) in [6.07, 6.45) is 2.40. The van der Waals surface area contributed by atoms with E-state index in [0.29, 0.717) is 23.8 Å². The molecule has 0 radical (unpaired) electrons. The Morgan fingerprint density at radius 2 is 1.90 bits per heavy atom. The molecule has 1 saturated carbocycles. The highest BCUT2D eigenvalue weighted by Gasteiger charge is 2.18. The maximum absolute atomic E-state index is 11.6. The molecule has 0 aliphatic heterocycles. The molecule has 0 atom stereocenters. The van der Waals surface area contributed by atoms with Crippen LogP contribution >= 0.6 is 0 Å². The van der Waals surface area contributed by atoms with E-state index in [-0.39, 0.29) is 5.97 Å². The van der Waals surface area contributed by atoms with Gasteiger partial charge in [-0.1, -0.05) is 33.6 Å². The van der Waals surface area contributed by atoms with E-state index in [4.69, 9.17) is 4.74 Å². The first kappa shape index (κ1) is 19.2. The summed E-state index contributed by atoms with van der Waals surface area (Å²) in [5.74, 6) is 6.41. The summed E-state index contributed by atoms with van der Waals surface area (Å²) >= 11 is 0. The van der Waals surface area contributed by atoms with Crippen LogP contribution < -0.4 is 0 Å². The van der Waals surface area contributed by atoms with Crippen LogP contribution in [0.25, 0.3) is 0 Å². The van der Waals surface area contributed by atoms with Gasteiger partial charge in [0.2, 0.25) is 0 Å². The summed E-state index contributed by atoms with van der Waals surface area (Å²) in [6, 6.07) is 3.51. The van der Waals surface area contributed by atoms with Gasteiger partial charge in [-0.25, -0.2) is 9.78 Å². The molecule has 1 aliphatic rings. The zero-order chi connectivity index (χ0) is 16.3. The summed E-state index contributed by atoms with van der Waals surface area (Å²) in [5.41, 5.74) is 1.91. The maximum atomic E-state index is 11.6. The molecule has 1 aromatic rings. The van der Waals surface area contributed by atoms with Crippen LogP contribution in [-0.2, 0) is 4.74 Å². The van der Waals surface area contributed by atoms with E-state index in [9.17, 15) is 4.79 Å². The fraction of sp³-hybridized carbons (Fsp3) is 0.556. The minimum atomic E-state index is -0.320. The molecular weight excluding hydrogens is 262 g/mol. The van der Waals surface area contributed by atoms with E-state index in [1.165, 1.54) is 12.8 Å². The van der Waals surface area contributed by atoms with E-state index in [2.05, 4.69) is 16.8 Å². The number of esters is 1. The first-order valence-electron chi connectivity index (χ1n) is 7.87. The molecular formula is C18H27NO2. The van der Waals surface area contributed by atoms with E-state index < -0.39 is 0 Å². The Bertz CT molecular complexity index is 494. The number of nitrogens with zero attached hydrogens (tertiary/aromatic N) is 1. The number of carbonyl (C=O) groups is 1. The van der Waals surface area contributed by atoms with Gasteiger partial charge in [0.15, 0.2) is 0 Å². The maximum Gasteiger partial charge on any atom is 0.339 e. The number of aryl methyl sites for hydroxylation is 1. The quantitative estimate of drug-likeness (QED) is 0.599. The smallest absolute Gasteiger partial charge is 0.339 e. The molecule has 1 aliphatic carbocycles. The fourth-order valence-corrected chi connectivity index (χ4v) is 1.46. The molecule has 0 bridgehead atoms. The molecule has 3 heteroatoms. The molecule has 116 valence electrons. The van der Waals surface area contributed by atoms with Crippen molar-refractivity contribution in [2.75, 3.05) is 6.61 Å². The Morgan fingerprint density at radius 3 is 2.38 bits per heavy atom. The molecule has 0 spiro atoms. The minimum Gasteiger partial charge on any atom is -0.462 e. The first-order chi connectivity index (χ1) is 10.2. The molecule has 3 nitrogen and oxygen atoms in total. The predicted octanol–water partition coefficient (Wildman–Crippen LogP) is 4.38. The van der Waals surface area contributed by atoms with Crippen molar-refractivity contribution in [3.63, 3.8) is 0 Å². The molecule has 0 unspecified atom stereocenters. The minimum absolute atomic E-state index is 0.320. The van der Waals surface area contributed by atoms with E-state index >= 15 is 0 Å². The molecule has 2 rings (SSSR count). The van der Waals surface area contributed by atoms with Crippen molar-refractivity contribution in [1.29, 1.82) is 0 Å². The topological polar surface area (TPSA) is 39.2 Å². The SMILES string of the molecule is CC.CC.CCOC(=O)c1ccc(C#CC2CC2)nc1C. The summed E-state index contributed by atoms with van der Waals surface area (Å²) in [5, 5.41) is 0. The molecule has 1 aromatic heterocycles. The summed E-state index contributed by atoms with van der Waals surface area (Å²) in [4.78, 5) is 15.9. The average Bonchev–Trinajstić information content (AvgIpc) is 3.34. The highest BCUT2D eigenvalue weighted by atomic mass is 16.5. The largest absolute Gasteiger partial charge is 0.462 e. The molecule has 1 fully saturated rings. The second kappa shape index (κ2) is 10.9. The number of aromatic nitrogens is 1. The van der Waals surface area contributed by atoms with Crippen LogP contribution in [0.15, 0.2) is 12.1 Å². The zero-order valence-electron chi connectivity index (χ0n) is 14.1. The molecule has 1 heterocycles. The zero-order valence-corrected chi connectivity index (χ0v) is 14.1. The summed E-state index contributed by atoms with van der Waals surface area (Å²) < 4.78 is 4.94. The molecule has 0 N–H and O–H groups in total. The van der Waals surface area contributed by atoms with Gasteiger partial charge in [0.25, 0.3) is 0 Å². The number of carbonyl (C=O) groups excluding carboxylic acids is 1. The van der Waals surface area contributed by atoms with E-state index in [1.807, 2.05) is 27.7 Å². The van der Waals surface area contributed by atoms with Gasteiger partial charge in [0.1, 0.15) is 5.69 Å².